The molecule has 0 aliphatic rings. The molecular weight excluding hydrogens is 372 g/mol. The molecule has 1 aromatic carbocycles. The summed E-state index contributed by atoms with van der Waals surface area (Å²) in [5, 5.41) is 11.0. The summed E-state index contributed by atoms with van der Waals surface area (Å²) in [4.78, 5) is 0. The van der Waals surface area contributed by atoms with E-state index in [0.717, 1.165) is 5.56 Å². The fraction of sp³-hybridized carbons (Fsp3) is 0.778. The lowest BCUT2D eigenvalue weighted by Crippen LogP contribution is -2.13. The van der Waals surface area contributed by atoms with Crippen LogP contribution in [0.3, 0.4) is 0 Å². The van der Waals surface area contributed by atoms with E-state index in [1.807, 2.05) is 6.07 Å². The highest BCUT2D eigenvalue weighted by Crippen LogP contribution is 2.40. The Labute approximate surface area is 186 Å². The molecule has 0 spiro atoms. The van der Waals surface area contributed by atoms with E-state index in [1.54, 1.807) is 0 Å². The van der Waals surface area contributed by atoms with Gasteiger partial charge in [-0.15, -0.1) is 0 Å². The Morgan fingerprint density at radius 1 is 0.828 bits per heavy atom. The lowest BCUT2D eigenvalue weighted by atomic mass is 9.83. The number of thioether (sulfide) groups is 1. The number of unbranched alkanes of at least 4 members (excludes halogenated alkanes) is 9. The summed E-state index contributed by atoms with van der Waals surface area (Å²) in [7, 11) is 0. The number of aromatic hydroxyl groups is 1. The van der Waals surface area contributed by atoms with Gasteiger partial charge in [-0.1, -0.05) is 105 Å². The van der Waals surface area contributed by atoms with E-state index >= 15 is 0 Å². The first-order valence-electron chi connectivity index (χ1n) is 12.3. The molecule has 1 aromatic rings. The van der Waals surface area contributed by atoms with Gasteiger partial charge in [-0.2, -0.15) is 11.8 Å². The van der Waals surface area contributed by atoms with Crippen LogP contribution in [0, 0.1) is 6.92 Å². The van der Waals surface area contributed by atoms with Gasteiger partial charge in [0.1, 0.15) is 5.75 Å². The Bertz CT molecular complexity index is 558. The van der Waals surface area contributed by atoms with Gasteiger partial charge in [0, 0.05) is 5.25 Å². The van der Waals surface area contributed by atoms with Crippen molar-refractivity contribution < 1.29 is 5.11 Å². The SMILES string of the molecule is CCCCCCCCCCCCSC(CCC)c1cc(C(C)(C)C)c(O)cc1C. The first kappa shape index (κ1) is 26.4. The Hall–Kier alpha value is -0.630. The zero-order chi connectivity index (χ0) is 21.7. The lowest BCUT2D eigenvalue weighted by Gasteiger charge is -2.25. The monoisotopic (exact) mass is 420 g/mol. The van der Waals surface area contributed by atoms with Crippen molar-refractivity contribution in [2.24, 2.45) is 0 Å². The lowest BCUT2D eigenvalue weighted by molar-refractivity contribution is 0.445. The first-order valence-corrected chi connectivity index (χ1v) is 13.3. The quantitative estimate of drug-likeness (QED) is 0.285. The number of phenols is 1. The maximum absolute atomic E-state index is 10.4. The first-order chi connectivity index (χ1) is 13.8. The third-order valence-electron chi connectivity index (χ3n) is 5.91. The highest BCUT2D eigenvalue weighted by molar-refractivity contribution is 7.99. The maximum Gasteiger partial charge on any atom is 0.119 e. The number of hydrogen-bond donors (Lipinski definition) is 1. The zero-order valence-corrected chi connectivity index (χ0v) is 21.1. The Balaban J connectivity index is 2.44. The van der Waals surface area contributed by atoms with Crippen molar-refractivity contribution in [3.8, 4) is 5.75 Å². The minimum atomic E-state index is -0.0233. The molecule has 0 heterocycles. The predicted molar refractivity (Wildman–Crippen MR) is 133 cm³/mol. The van der Waals surface area contributed by atoms with Gasteiger partial charge in [-0.25, -0.2) is 0 Å². The summed E-state index contributed by atoms with van der Waals surface area (Å²) in [5.74, 6) is 1.71. The van der Waals surface area contributed by atoms with Crippen LogP contribution in [0.25, 0.3) is 0 Å². The van der Waals surface area contributed by atoms with Crippen molar-refractivity contribution in [3.05, 3.63) is 28.8 Å². The average Bonchev–Trinajstić information content (AvgIpc) is 2.64. The van der Waals surface area contributed by atoms with Crippen molar-refractivity contribution in [1.82, 2.24) is 0 Å². The van der Waals surface area contributed by atoms with Crippen LogP contribution in [0.2, 0.25) is 0 Å². The van der Waals surface area contributed by atoms with Gasteiger partial charge in [-0.3, -0.25) is 0 Å². The second-order valence-corrected chi connectivity index (χ2v) is 11.1. The maximum atomic E-state index is 10.4. The van der Waals surface area contributed by atoms with E-state index in [4.69, 9.17) is 0 Å². The van der Waals surface area contributed by atoms with Crippen LogP contribution < -0.4 is 0 Å². The van der Waals surface area contributed by atoms with E-state index in [1.165, 1.54) is 93.9 Å². The summed E-state index contributed by atoms with van der Waals surface area (Å²) < 4.78 is 0. The van der Waals surface area contributed by atoms with Gasteiger partial charge in [0.15, 0.2) is 0 Å². The zero-order valence-electron chi connectivity index (χ0n) is 20.3. The van der Waals surface area contributed by atoms with E-state index in [9.17, 15) is 5.11 Å². The molecular formula is C27H48OS. The molecule has 1 rings (SSSR count). The third-order valence-corrected chi connectivity index (χ3v) is 7.32. The summed E-state index contributed by atoms with van der Waals surface area (Å²) in [5.41, 5.74) is 3.74. The predicted octanol–water partition coefficient (Wildman–Crippen LogP) is 9.49. The Kier molecular flexibility index (Phi) is 13.1. The molecule has 29 heavy (non-hydrogen) atoms. The molecule has 2 heteroatoms. The van der Waals surface area contributed by atoms with Crippen molar-refractivity contribution >= 4 is 11.8 Å². The highest BCUT2D eigenvalue weighted by atomic mass is 32.2. The van der Waals surface area contributed by atoms with E-state index in [0.29, 0.717) is 11.0 Å². The smallest absolute Gasteiger partial charge is 0.119 e. The second kappa shape index (κ2) is 14.4. The van der Waals surface area contributed by atoms with Gasteiger partial charge in [0.25, 0.3) is 0 Å². The van der Waals surface area contributed by atoms with Crippen molar-refractivity contribution in [3.63, 3.8) is 0 Å². The summed E-state index contributed by atoms with van der Waals surface area (Å²) in [6.07, 6.45) is 16.4. The summed E-state index contributed by atoms with van der Waals surface area (Å²) in [6, 6.07) is 4.27. The van der Waals surface area contributed by atoms with Gasteiger partial charge in [0.05, 0.1) is 0 Å². The van der Waals surface area contributed by atoms with Crippen molar-refractivity contribution in [2.75, 3.05) is 5.75 Å². The molecule has 0 amide bonds. The molecule has 0 aromatic heterocycles. The molecule has 0 saturated heterocycles. The van der Waals surface area contributed by atoms with Gasteiger partial charge >= 0.3 is 0 Å². The van der Waals surface area contributed by atoms with Gasteiger partial charge in [0.2, 0.25) is 0 Å². The molecule has 168 valence electrons. The number of hydrogen-bond acceptors (Lipinski definition) is 2. The van der Waals surface area contributed by atoms with E-state index in [2.05, 4.69) is 59.4 Å². The second-order valence-electron chi connectivity index (χ2n) is 9.81. The van der Waals surface area contributed by atoms with Crippen LogP contribution in [0.5, 0.6) is 5.75 Å². The molecule has 0 bridgehead atoms. The molecule has 0 radical (unpaired) electrons. The minimum absolute atomic E-state index is 0.0233. The van der Waals surface area contributed by atoms with E-state index in [-0.39, 0.29) is 5.41 Å². The molecule has 1 atom stereocenters. The Morgan fingerprint density at radius 2 is 1.38 bits per heavy atom. The number of rotatable bonds is 15. The van der Waals surface area contributed by atoms with Crippen LogP contribution in [-0.4, -0.2) is 10.9 Å². The fourth-order valence-corrected chi connectivity index (χ4v) is 5.55. The van der Waals surface area contributed by atoms with Crippen LogP contribution in [-0.2, 0) is 5.41 Å². The van der Waals surface area contributed by atoms with Gasteiger partial charge < -0.3 is 5.11 Å². The summed E-state index contributed by atoms with van der Waals surface area (Å²) >= 11 is 2.13. The number of aryl methyl sites for hydroxylation is 1. The van der Waals surface area contributed by atoms with Gasteiger partial charge in [-0.05, 0) is 53.7 Å². The number of benzene rings is 1. The van der Waals surface area contributed by atoms with Crippen LogP contribution in [0.15, 0.2) is 12.1 Å². The third kappa shape index (κ3) is 10.3. The largest absolute Gasteiger partial charge is 0.508 e. The molecule has 1 nitrogen and oxygen atoms in total. The molecule has 0 aliphatic carbocycles. The number of phenolic OH excluding ortho intramolecular Hbond substituents is 1. The Morgan fingerprint density at radius 3 is 1.90 bits per heavy atom. The molecule has 0 saturated carbocycles. The highest BCUT2D eigenvalue weighted by Gasteiger charge is 2.22. The normalized spacial score (nSPS) is 13.0. The topological polar surface area (TPSA) is 20.2 Å². The molecule has 1 N–H and O–H groups in total. The van der Waals surface area contributed by atoms with E-state index < -0.39 is 0 Å². The minimum Gasteiger partial charge on any atom is -0.508 e. The van der Waals surface area contributed by atoms with Crippen LogP contribution in [0.4, 0.5) is 0 Å². The fourth-order valence-electron chi connectivity index (χ4n) is 4.06. The van der Waals surface area contributed by atoms with Crippen LogP contribution in [0.1, 0.15) is 134 Å². The summed E-state index contributed by atoms with van der Waals surface area (Å²) in [6.45, 7) is 13.3. The molecule has 0 fully saturated rings. The molecule has 1 unspecified atom stereocenters. The van der Waals surface area contributed by atoms with Crippen molar-refractivity contribution in [1.29, 1.82) is 0 Å². The standard InChI is InChI=1S/C27H48OS/c1-7-9-10-11-12-13-14-15-16-17-19-29-26(18-8-2)23-21-24(27(4,5)6)25(28)20-22(23)3/h20-21,26,28H,7-19H2,1-6H3. The molecule has 0 aliphatic heterocycles. The average molecular weight is 421 g/mol. The van der Waals surface area contributed by atoms with Crippen molar-refractivity contribution in [2.45, 2.75) is 129 Å². The van der Waals surface area contributed by atoms with Crippen LogP contribution >= 0.6 is 11.8 Å².